The second kappa shape index (κ2) is 3.62. The highest BCUT2D eigenvalue weighted by Crippen LogP contribution is 2.33. The predicted molar refractivity (Wildman–Crippen MR) is 62.0 cm³/mol. The fourth-order valence-corrected chi connectivity index (χ4v) is 1.48. The zero-order valence-electron chi connectivity index (χ0n) is 9.46. The Labute approximate surface area is 86.3 Å². The summed E-state index contributed by atoms with van der Waals surface area (Å²) in [6.07, 6.45) is 0. The topological polar surface area (TPSA) is 52.0 Å². The van der Waals surface area contributed by atoms with Crippen molar-refractivity contribution in [3.63, 3.8) is 0 Å². The van der Waals surface area contributed by atoms with Crippen LogP contribution < -0.4 is 11.5 Å². The van der Waals surface area contributed by atoms with Crippen LogP contribution >= 0.6 is 0 Å². The summed E-state index contributed by atoms with van der Waals surface area (Å²) in [5.74, 6) is 0. The van der Waals surface area contributed by atoms with E-state index >= 15 is 0 Å². The summed E-state index contributed by atoms with van der Waals surface area (Å²) < 4.78 is 0. The van der Waals surface area contributed by atoms with E-state index in [1.807, 2.05) is 19.1 Å². The maximum absolute atomic E-state index is 6.19. The molecule has 2 heteroatoms. The lowest BCUT2D eigenvalue weighted by atomic mass is 9.81. The van der Waals surface area contributed by atoms with Gasteiger partial charge in [-0.25, -0.2) is 0 Å². The van der Waals surface area contributed by atoms with E-state index < -0.39 is 0 Å². The second-order valence-electron chi connectivity index (χ2n) is 4.91. The molecule has 0 heterocycles. The number of nitrogen functional groups attached to an aromatic ring is 1. The van der Waals surface area contributed by atoms with Gasteiger partial charge in [-0.15, -0.1) is 0 Å². The van der Waals surface area contributed by atoms with Gasteiger partial charge in [0.15, 0.2) is 0 Å². The van der Waals surface area contributed by atoms with E-state index in [4.69, 9.17) is 11.5 Å². The average Bonchev–Trinajstić information content (AvgIpc) is 2.07. The minimum Gasteiger partial charge on any atom is -0.399 e. The molecule has 0 spiro atoms. The number of rotatable bonds is 1. The van der Waals surface area contributed by atoms with Gasteiger partial charge in [0.2, 0.25) is 0 Å². The van der Waals surface area contributed by atoms with Crippen LogP contribution in [0.15, 0.2) is 18.2 Å². The van der Waals surface area contributed by atoms with Crippen molar-refractivity contribution < 1.29 is 0 Å². The molecule has 0 aromatic heterocycles. The Morgan fingerprint density at radius 3 is 2.29 bits per heavy atom. The van der Waals surface area contributed by atoms with Crippen LogP contribution in [0.3, 0.4) is 0 Å². The Bertz CT molecular complexity index is 324. The maximum atomic E-state index is 6.19. The van der Waals surface area contributed by atoms with Gasteiger partial charge < -0.3 is 11.5 Å². The van der Waals surface area contributed by atoms with Crippen molar-refractivity contribution in [2.75, 3.05) is 5.73 Å². The average molecular weight is 192 g/mol. The first kappa shape index (κ1) is 11.1. The Balaban J connectivity index is 3.14. The highest BCUT2D eigenvalue weighted by Gasteiger charge is 2.23. The Hall–Kier alpha value is -1.02. The molecule has 1 aromatic carbocycles. The number of benzene rings is 1. The highest BCUT2D eigenvalue weighted by atomic mass is 14.7. The van der Waals surface area contributed by atoms with E-state index in [0.717, 1.165) is 16.8 Å². The Morgan fingerprint density at radius 2 is 1.79 bits per heavy atom. The van der Waals surface area contributed by atoms with Crippen LogP contribution in [-0.4, -0.2) is 0 Å². The normalized spacial score (nSPS) is 14.1. The van der Waals surface area contributed by atoms with Crippen LogP contribution in [0.25, 0.3) is 0 Å². The summed E-state index contributed by atoms with van der Waals surface area (Å²) >= 11 is 0. The van der Waals surface area contributed by atoms with Gasteiger partial charge in [0.25, 0.3) is 0 Å². The van der Waals surface area contributed by atoms with Crippen molar-refractivity contribution in [3.05, 3.63) is 29.3 Å². The predicted octanol–water partition coefficient (Wildman–Crippen LogP) is 2.62. The third kappa shape index (κ3) is 2.07. The zero-order chi connectivity index (χ0) is 10.9. The lowest BCUT2D eigenvalue weighted by Gasteiger charge is -2.29. The van der Waals surface area contributed by atoms with Crippen LogP contribution in [0.5, 0.6) is 0 Å². The minimum absolute atomic E-state index is 0.0333. The van der Waals surface area contributed by atoms with Gasteiger partial charge in [-0.2, -0.15) is 0 Å². The molecule has 78 valence electrons. The summed E-state index contributed by atoms with van der Waals surface area (Å²) in [5, 5.41) is 0. The van der Waals surface area contributed by atoms with Gasteiger partial charge in [0.1, 0.15) is 0 Å². The van der Waals surface area contributed by atoms with Crippen molar-refractivity contribution in [3.8, 4) is 0 Å². The minimum atomic E-state index is 0.0333. The smallest absolute Gasteiger partial charge is 0.0347 e. The lowest BCUT2D eigenvalue weighted by Crippen LogP contribution is -2.27. The molecule has 1 atom stereocenters. The van der Waals surface area contributed by atoms with Crippen LogP contribution in [0, 0.1) is 12.3 Å². The molecule has 0 aliphatic carbocycles. The first-order chi connectivity index (χ1) is 6.34. The Kier molecular flexibility index (Phi) is 2.86. The SMILES string of the molecule is Cc1c(N)cccc1C(N)C(C)(C)C. The first-order valence-electron chi connectivity index (χ1n) is 4.94. The molecule has 0 radical (unpaired) electrons. The molecular formula is C12H20N2. The fraction of sp³-hybridized carbons (Fsp3) is 0.500. The number of hydrogen-bond acceptors (Lipinski definition) is 2. The van der Waals surface area contributed by atoms with Gasteiger partial charge in [-0.05, 0) is 29.5 Å². The van der Waals surface area contributed by atoms with Crippen molar-refractivity contribution in [1.29, 1.82) is 0 Å². The summed E-state index contributed by atoms with van der Waals surface area (Å²) in [4.78, 5) is 0. The molecule has 0 bridgehead atoms. The first-order valence-corrected chi connectivity index (χ1v) is 4.94. The van der Waals surface area contributed by atoms with Crippen LogP contribution in [0.2, 0.25) is 0 Å². The molecule has 1 aromatic rings. The van der Waals surface area contributed by atoms with E-state index in [-0.39, 0.29) is 11.5 Å². The van der Waals surface area contributed by atoms with E-state index in [1.165, 1.54) is 0 Å². The maximum Gasteiger partial charge on any atom is 0.0347 e. The van der Waals surface area contributed by atoms with E-state index in [2.05, 4.69) is 26.8 Å². The molecule has 4 N–H and O–H groups in total. The molecule has 0 aliphatic heterocycles. The second-order valence-corrected chi connectivity index (χ2v) is 4.91. The number of anilines is 1. The van der Waals surface area contributed by atoms with Crippen molar-refractivity contribution >= 4 is 5.69 Å². The summed E-state index contributed by atoms with van der Waals surface area (Å²) in [7, 11) is 0. The zero-order valence-corrected chi connectivity index (χ0v) is 9.46. The molecule has 0 fully saturated rings. The van der Waals surface area contributed by atoms with Gasteiger partial charge in [-0.1, -0.05) is 32.9 Å². The summed E-state index contributed by atoms with van der Waals surface area (Å²) in [6.45, 7) is 8.44. The summed E-state index contributed by atoms with van der Waals surface area (Å²) in [5.41, 5.74) is 15.2. The standard InChI is InChI=1S/C12H20N2/c1-8-9(6-5-7-10(8)13)11(14)12(2,3)4/h5-7,11H,13-14H2,1-4H3. The third-order valence-corrected chi connectivity index (χ3v) is 2.69. The fourth-order valence-electron chi connectivity index (χ4n) is 1.48. The Morgan fingerprint density at radius 1 is 1.21 bits per heavy atom. The molecule has 0 aliphatic rings. The van der Waals surface area contributed by atoms with Gasteiger partial charge >= 0.3 is 0 Å². The highest BCUT2D eigenvalue weighted by molar-refractivity contribution is 5.51. The van der Waals surface area contributed by atoms with Gasteiger partial charge in [0.05, 0.1) is 0 Å². The van der Waals surface area contributed by atoms with Crippen molar-refractivity contribution in [1.82, 2.24) is 0 Å². The molecule has 1 unspecified atom stereocenters. The monoisotopic (exact) mass is 192 g/mol. The molecular weight excluding hydrogens is 172 g/mol. The third-order valence-electron chi connectivity index (χ3n) is 2.69. The van der Waals surface area contributed by atoms with E-state index in [9.17, 15) is 0 Å². The van der Waals surface area contributed by atoms with Crippen LogP contribution in [0.1, 0.15) is 37.9 Å². The van der Waals surface area contributed by atoms with E-state index in [1.54, 1.807) is 0 Å². The quantitative estimate of drug-likeness (QED) is 0.672. The molecule has 0 saturated carbocycles. The van der Waals surface area contributed by atoms with Crippen LogP contribution in [-0.2, 0) is 0 Å². The largest absolute Gasteiger partial charge is 0.399 e. The van der Waals surface area contributed by atoms with Crippen LogP contribution in [0.4, 0.5) is 5.69 Å². The van der Waals surface area contributed by atoms with Crippen molar-refractivity contribution in [2.45, 2.75) is 33.7 Å². The molecule has 0 amide bonds. The number of hydrogen-bond donors (Lipinski definition) is 2. The number of nitrogens with two attached hydrogens (primary N) is 2. The summed E-state index contributed by atoms with van der Waals surface area (Å²) in [6, 6.07) is 5.96. The molecule has 14 heavy (non-hydrogen) atoms. The molecule has 1 rings (SSSR count). The molecule has 2 nitrogen and oxygen atoms in total. The van der Waals surface area contributed by atoms with E-state index in [0.29, 0.717) is 0 Å². The van der Waals surface area contributed by atoms with Gasteiger partial charge in [-0.3, -0.25) is 0 Å². The molecule has 0 saturated heterocycles. The van der Waals surface area contributed by atoms with Crippen molar-refractivity contribution in [2.24, 2.45) is 11.1 Å². The van der Waals surface area contributed by atoms with Gasteiger partial charge in [0, 0.05) is 11.7 Å². The lowest BCUT2D eigenvalue weighted by molar-refractivity contribution is 0.326.